The van der Waals surface area contributed by atoms with Crippen LogP contribution in [0.3, 0.4) is 0 Å². The van der Waals surface area contributed by atoms with Crippen LogP contribution < -0.4 is 14.8 Å². The van der Waals surface area contributed by atoms with Gasteiger partial charge in [0, 0.05) is 12.0 Å². The second kappa shape index (κ2) is 8.87. The largest absolute Gasteiger partial charge is 0.493 e. The van der Waals surface area contributed by atoms with Gasteiger partial charge < -0.3 is 14.8 Å². The molecule has 1 aliphatic heterocycles. The average Bonchev–Trinajstić information content (AvgIpc) is 2.94. The fraction of sp³-hybridized carbons (Fsp3) is 0.200. The normalized spacial score (nSPS) is 15.2. The molecule has 0 spiro atoms. The van der Waals surface area contributed by atoms with E-state index in [1.807, 2.05) is 55.5 Å². The third-order valence-corrected chi connectivity index (χ3v) is 4.91. The van der Waals surface area contributed by atoms with Gasteiger partial charge in [0.25, 0.3) is 5.91 Å². The fourth-order valence-electron chi connectivity index (χ4n) is 2.44. The highest BCUT2D eigenvalue weighted by molar-refractivity contribution is 8.26. The maximum atomic E-state index is 11.8. The molecule has 1 N–H and O–H groups in total. The van der Waals surface area contributed by atoms with E-state index in [-0.39, 0.29) is 5.91 Å². The fourth-order valence-corrected chi connectivity index (χ4v) is 3.47. The Morgan fingerprint density at radius 3 is 2.38 bits per heavy atom. The van der Waals surface area contributed by atoms with Gasteiger partial charge >= 0.3 is 0 Å². The van der Waals surface area contributed by atoms with Crippen LogP contribution in [0.1, 0.15) is 17.5 Å². The molecule has 1 fully saturated rings. The van der Waals surface area contributed by atoms with Crippen molar-refractivity contribution in [2.24, 2.45) is 0 Å². The van der Waals surface area contributed by atoms with Gasteiger partial charge in [0.05, 0.1) is 18.1 Å². The van der Waals surface area contributed by atoms with Crippen molar-refractivity contribution in [1.82, 2.24) is 5.32 Å². The molecule has 26 heavy (non-hydrogen) atoms. The monoisotopic (exact) mass is 385 g/mol. The van der Waals surface area contributed by atoms with E-state index in [0.717, 1.165) is 29.0 Å². The van der Waals surface area contributed by atoms with Gasteiger partial charge in [-0.25, -0.2) is 0 Å². The molecule has 3 rings (SSSR count). The first-order valence-electron chi connectivity index (χ1n) is 8.28. The summed E-state index contributed by atoms with van der Waals surface area (Å²) < 4.78 is 12.1. The minimum absolute atomic E-state index is 0.165. The first-order chi connectivity index (χ1) is 12.6. The summed E-state index contributed by atoms with van der Waals surface area (Å²) in [4.78, 5) is 12.4. The SMILES string of the molecule is Cc1ccccc1OCCCOc1ccccc1C=C1SC(=S)NC1=O. The number of rotatable bonds is 7. The van der Waals surface area contributed by atoms with E-state index in [9.17, 15) is 4.79 Å². The first kappa shape index (κ1) is 18.5. The Labute approximate surface area is 162 Å². The molecule has 4 nitrogen and oxygen atoms in total. The van der Waals surface area contributed by atoms with E-state index in [1.54, 1.807) is 6.08 Å². The number of ether oxygens (including phenoxy) is 2. The summed E-state index contributed by atoms with van der Waals surface area (Å²) in [5.74, 6) is 1.47. The average molecular weight is 386 g/mol. The molecule has 134 valence electrons. The number of hydrogen-bond acceptors (Lipinski definition) is 5. The molecule has 0 bridgehead atoms. The molecule has 0 aliphatic carbocycles. The number of nitrogens with one attached hydrogen (secondary N) is 1. The Hall–Kier alpha value is -2.31. The Bertz CT molecular complexity index is 848. The summed E-state index contributed by atoms with van der Waals surface area (Å²) in [6.45, 7) is 3.14. The molecular formula is C20H19NO3S2. The van der Waals surface area contributed by atoms with Crippen LogP contribution in [0, 0.1) is 6.92 Å². The zero-order valence-electron chi connectivity index (χ0n) is 14.4. The Morgan fingerprint density at radius 1 is 1.04 bits per heavy atom. The highest BCUT2D eigenvalue weighted by Crippen LogP contribution is 2.29. The van der Waals surface area contributed by atoms with E-state index >= 15 is 0 Å². The van der Waals surface area contributed by atoms with E-state index in [0.29, 0.717) is 22.4 Å². The third kappa shape index (κ3) is 4.86. The zero-order valence-corrected chi connectivity index (χ0v) is 16.0. The summed E-state index contributed by atoms with van der Waals surface area (Å²) in [6.07, 6.45) is 2.57. The molecule has 6 heteroatoms. The molecular weight excluding hydrogens is 366 g/mol. The Kier molecular flexibility index (Phi) is 6.30. The minimum atomic E-state index is -0.165. The number of benzene rings is 2. The molecule has 0 radical (unpaired) electrons. The zero-order chi connectivity index (χ0) is 18.4. The van der Waals surface area contributed by atoms with E-state index < -0.39 is 0 Å². The number of amides is 1. The number of para-hydroxylation sites is 2. The lowest BCUT2D eigenvalue weighted by Crippen LogP contribution is -2.17. The number of thioether (sulfide) groups is 1. The van der Waals surface area contributed by atoms with Crippen molar-refractivity contribution in [2.45, 2.75) is 13.3 Å². The maximum absolute atomic E-state index is 11.8. The van der Waals surface area contributed by atoms with Crippen molar-refractivity contribution >= 4 is 40.3 Å². The summed E-state index contributed by atoms with van der Waals surface area (Å²) in [6, 6.07) is 15.6. The van der Waals surface area contributed by atoms with Gasteiger partial charge in [-0.05, 0) is 30.7 Å². The summed E-state index contributed by atoms with van der Waals surface area (Å²) >= 11 is 6.28. The number of thiocarbonyl (C=S) groups is 1. The molecule has 0 unspecified atom stereocenters. The third-order valence-electron chi connectivity index (χ3n) is 3.75. The lowest BCUT2D eigenvalue weighted by atomic mass is 10.2. The Morgan fingerprint density at radius 2 is 1.69 bits per heavy atom. The molecule has 0 atom stereocenters. The molecule has 0 saturated carbocycles. The van der Waals surface area contributed by atoms with Crippen LogP contribution >= 0.6 is 24.0 Å². The van der Waals surface area contributed by atoms with Crippen LogP contribution in [-0.2, 0) is 4.79 Å². The second-order valence-electron chi connectivity index (χ2n) is 5.71. The lowest BCUT2D eigenvalue weighted by Gasteiger charge is -2.11. The molecule has 1 amide bonds. The van der Waals surface area contributed by atoms with Crippen LogP contribution in [0.15, 0.2) is 53.4 Å². The van der Waals surface area contributed by atoms with Gasteiger partial charge in [0.15, 0.2) is 0 Å². The van der Waals surface area contributed by atoms with Gasteiger partial charge in [0.1, 0.15) is 15.8 Å². The first-order valence-corrected chi connectivity index (χ1v) is 9.51. The predicted octanol–water partition coefficient (Wildman–Crippen LogP) is 4.33. The van der Waals surface area contributed by atoms with Crippen LogP contribution in [0.4, 0.5) is 0 Å². The molecule has 2 aromatic carbocycles. The predicted molar refractivity (Wildman–Crippen MR) is 110 cm³/mol. The number of carbonyl (C=O) groups excluding carboxylic acids is 1. The highest BCUT2D eigenvalue weighted by Gasteiger charge is 2.22. The molecule has 2 aromatic rings. The second-order valence-corrected chi connectivity index (χ2v) is 7.42. The molecule has 0 aromatic heterocycles. The standard InChI is InChI=1S/C20H19NO3S2/c1-14-7-2-4-9-16(14)23-11-6-12-24-17-10-5-3-8-15(17)13-18-19(22)21-20(25)26-18/h2-5,7-10,13H,6,11-12H2,1H3,(H,21,22,25). The van der Waals surface area contributed by atoms with Crippen molar-refractivity contribution in [3.05, 3.63) is 64.6 Å². The van der Waals surface area contributed by atoms with Gasteiger partial charge in [-0.3, -0.25) is 4.79 Å². The van der Waals surface area contributed by atoms with E-state index in [4.69, 9.17) is 21.7 Å². The minimum Gasteiger partial charge on any atom is -0.493 e. The van der Waals surface area contributed by atoms with Gasteiger partial charge in [-0.1, -0.05) is 60.4 Å². The van der Waals surface area contributed by atoms with Gasteiger partial charge in [-0.2, -0.15) is 0 Å². The topological polar surface area (TPSA) is 47.6 Å². The van der Waals surface area contributed by atoms with E-state index in [1.165, 1.54) is 11.8 Å². The van der Waals surface area contributed by atoms with Gasteiger partial charge in [-0.15, -0.1) is 0 Å². The lowest BCUT2D eigenvalue weighted by molar-refractivity contribution is -0.115. The molecule has 1 saturated heterocycles. The van der Waals surface area contributed by atoms with Crippen molar-refractivity contribution < 1.29 is 14.3 Å². The van der Waals surface area contributed by atoms with Crippen LogP contribution in [0.25, 0.3) is 6.08 Å². The van der Waals surface area contributed by atoms with Crippen molar-refractivity contribution in [3.63, 3.8) is 0 Å². The van der Waals surface area contributed by atoms with Crippen LogP contribution in [0.2, 0.25) is 0 Å². The number of aryl methyl sites for hydroxylation is 1. The summed E-state index contributed by atoms with van der Waals surface area (Å²) in [7, 11) is 0. The van der Waals surface area contributed by atoms with Crippen LogP contribution in [0.5, 0.6) is 11.5 Å². The quantitative estimate of drug-likeness (QED) is 0.437. The van der Waals surface area contributed by atoms with Crippen molar-refractivity contribution in [2.75, 3.05) is 13.2 Å². The van der Waals surface area contributed by atoms with Crippen LogP contribution in [-0.4, -0.2) is 23.4 Å². The number of hydrogen-bond donors (Lipinski definition) is 1. The van der Waals surface area contributed by atoms with Crippen molar-refractivity contribution in [1.29, 1.82) is 0 Å². The molecule has 1 heterocycles. The van der Waals surface area contributed by atoms with Crippen molar-refractivity contribution in [3.8, 4) is 11.5 Å². The smallest absolute Gasteiger partial charge is 0.263 e. The van der Waals surface area contributed by atoms with Gasteiger partial charge in [0.2, 0.25) is 0 Å². The highest BCUT2D eigenvalue weighted by atomic mass is 32.2. The molecule has 1 aliphatic rings. The maximum Gasteiger partial charge on any atom is 0.263 e. The summed E-state index contributed by atoms with van der Waals surface area (Å²) in [5.41, 5.74) is 1.98. The summed E-state index contributed by atoms with van der Waals surface area (Å²) in [5, 5.41) is 2.62. The van der Waals surface area contributed by atoms with E-state index in [2.05, 4.69) is 5.32 Å². The number of carbonyl (C=O) groups is 1. The Balaban J connectivity index is 1.54.